The number of nitrogens with two attached hydrogens (primary N) is 2. The van der Waals surface area contributed by atoms with E-state index in [2.05, 4.69) is 15.0 Å². The molecule has 1 fully saturated rings. The standard InChI is InChI=1S/C15H22N6O5S/c1-6(8(16)15(24)25)27(2)3-7-10(22)11(23)14(26-7)21-5-20-9-12(17)18-4-19-13(9)21/h4-8,10-11,14,22-23H,3,16H2,1-2H3,(H2-,17,18,19,24,25)/t6?,7-,8?,10-,11-,14-,27+/m1/s1. The maximum absolute atomic E-state index is 11.0. The molecule has 12 heteroatoms. The number of carbonyl (C=O) groups is 1. The molecule has 148 valence electrons. The number of aliphatic hydroxyl groups is 2. The highest BCUT2D eigenvalue weighted by molar-refractivity contribution is 7.96. The molecule has 1 aliphatic rings. The highest BCUT2D eigenvalue weighted by Gasteiger charge is 2.47. The minimum Gasteiger partial charge on any atom is -0.548 e. The monoisotopic (exact) mass is 398 g/mol. The normalized spacial score (nSPS) is 28.9. The van der Waals surface area contributed by atoms with E-state index in [1.807, 2.05) is 6.26 Å². The van der Waals surface area contributed by atoms with Crippen molar-refractivity contribution in [2.24, 2.45) is 5.73 Å². The second-order valence-electron chi connectivity index (χ2n) is 6.54. The Morgan fingerprint density at radius 3 is 2.78 bits per heavy atom. The van der Waals surface area contributed by atoms with Crippen LogP contribution in [-0.2, 0) is 20.4 Å². The molecular formula is C15H22N6O5S. The number of imidazole rings is 1. The quantitative estimate of drug-likeness (QED) is 0.360. The van der Waals surface area contributed by atoms with E-state index in [0.29, 0.717) is 16.9 Å². The number of carbonyl (C=O) groups excluding carboxylic acids is 1. The lowest BCUT2D eigenvalue weighted by Gasteiger charge is -2.22. The van der Waals surface area contributed by atoms with Gasteiger partial charge in [0.15, 0.2) is 17.7 Å². The topological polar surface area (TPSA) is 185 Å². The van der Waals surface area contributed by atoms with Crippen LogP contribution in [0.2, 0.25) is 0 Å². The molecule has 3 heterocycles. The van der Waals surface area contributed by atoms with Crippen molar-refractivity contribution < 1.29 is 24.9 Å². The van der Waals surface area contributed by atoms with E-state index in [1.165, 1.54) is 17.2 Å². The minimum absolute atomic E-state index is 0.198. The van der Waals surface area contributed by atoms with E-state index in [-0.39, 0.29) is 11.1 Å². The van der Waals surface area contributed by atoms with Gasteiger partial charge in [-0.2, -0.15) is 0 Å². The predicted molar refractivity (Wildman–Crippen MR) is 96.3 cm³/mol. The van der Waals surface area contributed by atoms with Crippen LogP contribution >= 0.6 is 0 Å². The average molecular weight is 398 g/mol. The molecule has 0 aliphatic carbocycles. The lowest BCUT2D eigenvalue weighted by molar-refractivity contribution is -0.307. The number of hydrogen-bond acceptors (Lipinski definition) is 10. The van der Waals surface area contributed by atoms with Crippen LogP contribution in [0.3, 0.4) is 0 Å². The van der Waals surface area contributed by atoms with Crippen LogP contribution < -0.4 is 16.6 Å². The van der Waals surface area contributed by atoms with Crippen molar-refractivity contribution in [1.82, 2.24) is 19.5 Å². The van der Waals surface area contributed by atoms with E-state index < -0.39 is 47.4 Å². The maximum atomic E-state index is 11.0. The fraction of sp³-hybridized carbons (Fsp3) is 0.600. The second kappa shape index (κ2) is 7.56. The Morgan fingerprint density at radius 1 is 1.41 bits per heavy atom. The number of rotatable bonds is 6. The second-order valence-corrected chi connectivity index (χ2v) is 9.00. The van der Waals surface area contributed by atoms with Gasteiger partial charge in [0.2, 0.25) is 0 Å². The van der Waals surface area contributed by atoms with Crippen molar-refractivity contribution in [3.63, 3.8) is 0 Å². The largest absolute Gasteiger partial charge is 0.548 e. The molecule has 1 aliphatic heterocycles. The first-order chi connectivity index (χ1) is 12.7. The van der Waals surface area contributed by atoms with E-state index in [0.717, 1.165) is 0 Å². The molecule has 1 saturated heterocycles. The number of fused-ring (bicyclic) bond motifs is 1. The molecular weight excluding hydrogens is 376 g/mol. The molecule has 0 spiro atoms. The van der Waals surface area contributed by atoms with Gasteiger partial charge in [0, 0.05) is 0 Å². The van der Waals surface area contributed by atoms with Gasteiger partial charge >= 0.3 is 0 Å². The first-order valence-corrected chi connectivity index (χ1v) is 10.1. The summed E-state index contributed by atoms with van der Waals surface area (Å²) in [5.74, 6) is -0.793. The number of ether oxygens (including phenoxy) is 1. The van der Waals surface area contributed by atoms with Crippen molar-refractivity contribution in [1.29, 1.82) is 0 Å². The van der Waals surface area contributed by atoms with Gasteiger partial charge in [0.05, 0.1) is 24.6 Å². The third kappa shape index (κ3) is 3.58. The Kier molecular flexibility index (Phi) is 5.53. The number of aromatic nitrogens is 4. The Balaban J connectivity index is 1.77. The maximum Gasteiger partial charge on any atom is 0.167 e. The van der Waals surface area contributed by atoms with Crippen LogP contribution in [-0.4, -0.2) is 77.3 Å². The van der Waals surface area contributed by atoms with Crippen LogP contribution in [0.5, 0.6) is 0 Å². The number of carboxylic acid groups (broad SMARTS) is 1. The van der Waals surface area contributed by atoms with E-state index in [1.54, 1.807) is 6.92 Å². The summed E-state index contributed by atoms with van der Waals surface area (Å²) in [6.45, 7) is 1.71. The highest BCUT2D eigenvalue weighted by Crippen LogP contribution is 2.33. The molecule has 27 heavy (non-hydrogen) atoms. The van der Waals surface area contributed by atoms with Gasteiger partial charge in [0.25, 0.3) is 0 Å². The number of anilines is 1. The number of nitrogens with zero attached hydrogens (tertiary/aromatic N) is 4. The van der Waals surface area contributed by atoms with Crippen molar-refractivity contribution in [3.8, 4) is 0 Å². The number of aliphatic hydroxyl groups excluding tert-OH is 2. The third-order valence-corrected chi connectivity index (χ3v) is 7.26. The molecule has 2 unspecified atom stereocenters. The SMILES string of the molecule is CC(C(N)C(=O)[O-])[S@@+](C)C[C@H]1O[C@@H](n2cnc3c(N)ncnc32)[C@H](O)[C@@H]1O. The lowest BCUT2D eigenvalue weighted by atomic mass is 10.1. The summed E-state index contributed by atoms with van der Waals surface area (Å²) in [6, 6.07) is -1.12. The summed E-state index contributed by atoms with van der Waals surface area (Å²) >= 11 is 0. The van der Waals surface area contributed by atoms with Crippen molar-refractivity contribution in [2.75, 3.05) is 17.7 Å². The van der Waals surface area contributed by atoms with Crippen LogP contribution in [0.15, 0.2) is 12.7 Å². The van der Waals surface area contributed by atoms with Gasteiger partial charge in [-0.15, -0.1) is 0 Å². The molecule has 0 radical (unpaired) electrons. The van der Waals surface area contributed by atoms with E-state index in [9.17, 15) is 20.1 Å². The molecule has 6 N–H and O–H groups in total. The zero-order valence-electron chi connectivity index (χ0n) is 14.8. The summed E-state index contributed by atoms with van der Waals surface area (Å²) in [7, 11) is -0.496. The number of hydrogen-bond donors (Lipinski definition) is 4. The lowest BCUT2D eigenvalue weighted by Crippen LogP contribution is -2.52. The Bertz CT molecular complexity index is 834. The molecule has 0 saturated carbocycles. The summed E-state index contributed by atoms with van der Waals surface area (Å²) in [4.78, 5) is 23.1. The van der Waals surface area contributed by atoms with Crippen molar-refractivity contribution in [2.45, 2.75) is 42.8 Å². The smallest absolute Gasteiger partial charge is 0.167 e. The number of aliphatic carboxylic acids is 1. The number of carboxylic acids is 1. The van der Waals surface area contributed by atoms with E-state index in [4.69, 9.17) is 16.2 Å². The summed E-state index contributed by atoms with van der Waals surface area (Å²) < 4.78 is 7.36. The van der Waals surface area contributed by atoms with Crippen LogP contribution in [0.25, 0.3) is 11.2 Å². The fourth-order valence-corrected chi connectivity index (χ4v) is 4.71. The van der Waals surface area contributed by atoms with Gasteiger partial charge in [0.1, 0.15) is 41.2 Å². The zero-order valence-corrected chi connectivity index (χ0v) is 15.6. The first kappa shape index (κ1) is 19.8. The minimum atomic E-state index is -1.32. The molecule has 2 aromatic heterocycles. The predicted octanol–water partition coefficient (Wildman–Crippen LogP) is -3.26. The summed E-state index contributed by atoms with van der Waals surface area (Å²) in [6.07, 6.45) is 0.539. The molecule has 0 bridgehead atoms. The molecule has 7 atom stereocenters. The Morgan fingerprint density at radius 2 is 2.11 bits per heavy atom. The van der Waals surface area contributed by atoms with Gasteiger partial charge in [-0.1, -0.05) is 0 Å². The fourth-order valence-electron chi connectivity index (χ4n) is 3.01. The van der Waals surface area contributed by atoms with Gasteiger partial charge < -0.3 is 36.3 Å². The van der Waals surface area contributed by atoms with Crippen LogP contribution in [0.4, 0.5) is 5.82 Å². The van der Waals surface area contributed by atoms with Crippen molar-refractivity contribution in [3.05, 3.63) is 12.7 Å². The van der Waals surface area contributed by atoms with E-state index >= 15 is 0 Å². The molecule has 0 amide bonds. The molecule has 0 aromatic carbocycles. The first-order valence-electron chi connectivity index (χ1n) is 8.24. The number of nitrogen functional groups attached to an aromatic ring is 1. The van der Waals surface area contributed by atoms with Crippen molar-refractivity contribution >= 4 is 33.8 Å². The Labute approximate surface area is 157 Å². The Hall–Kier alpha value is -1.99. The molecule has 11 nitrogen and oxygen atoms in total. The van der Waals surface area contributed by atoms with Gasteiger partial charge in [-0.05, 0) is 17.8 Å². The summed E-state index contributed by atoms with van der Waals surface area (Å²) in [5.41, 5.74) is 12.1. The summed E-state index contributed by atoms with van der Waals surface area (Å²) in [5, 5.41) is 31.5. The van der Waals surface area contributed by atoms with Crippen LogP contribution in [0, 0.1) is 0 Å². The van der Waals surface area contributed by atoms with Gasteiger partial charge in [-0.3, -0.25) is 4.57 Å². The highest BCUT2D eigenvalue weighted by atomic mass is 32.2. The molecule has 3 rings (SSSR count). The zero-order chi connectivity index (χ0) is 19.9. The third-order valence-electron chi connectivity index (χ3n) is 4.84. The average Bonchev–Trinajstić information content (AvgIpc) is 3.17. The van der Waals surface area contributed by atoms with Gasteiger partial charge in [-0.25, -0.2) is 15.0 Å². The molecule has 2 aromatic rings. The van der Waals surface area contributed by atoms with Crippen LogP contribution in [0.1, 0.15) is 13.2 Å².